The van der Waals surface area contributed by atoms with Crippen molar-refractivity contribution in [3.05, 3.63) is 0 Å². The van der Waals surface area contributed by atoms with Crippen LogP contribution in [0.1, 0.15) is 20.3 Å². The molecule has 14 heavy (non-hydrogen) atoms. The van der Waals surface area contributed by atoms with Crippen LogP contribution in [0.4, 0.5) is 4.79 Å². The lowest BCUT2D eigenvalue weighted by Gasteiger charge is -2.46. The Morgan fingerprint density at radius 3 is 2.57 bits per heavy atom. The molecule has 0 aliphatic carbocycles. The van der Waals surface area contributed by atoms with Crippen molar-refractivity contribution in [2.75, 3.05) is 27.2 Å². The van der Waals surface area contributed by atoms with Crippen LogP contribution in [0.2, 0.25) is 0 Å². The fraction of sp³-hybridized carbons (Fsp3) is 0.900. The number of primary amides is 1. The molecule has 1 heterocycles. The Labute approximate surface area is 86.0 Å². The van der Waals surface area contributed by atoms with Crippen LogP contribution in [0.5, 0.6) is 0 Å². The molecule has 0 bridgehead atoms. The van der Waals surface area contributed by atoms with E-state index >= 15 is 0 Å². The number of nitrogens with two attached hydrogens (primary N) is 1. The van der Waals surface area contributed by atoms with Gasteiger partial charge in [0, 0.05) is 19.6 Å². The molecule has 0 radical (unpaired) electrons. The average Bonchev–Trinajstić information content (AvgIpc) is 2.01. The Bertz CT molecular complexity index is 227. The summed E-state index contributed by atoms with van der Waals surface area (Å²) >= 11 is 0. The van der Waals surface area contributed by atoms with Crippen molar-refractivity contribution < 1.29 is 4.79 Å². The minimum atomic E-state index is -0.326. The van der Waals surface area contributed by atoms with Gasteiger partial charge >= 0.3 is 6.03 Å². The van der Waals surface area contributed by atoms with Crippen molar-refractivity contribution in [1.82, 2.24) is 9.80 Å². The summed E-state index contributed by atoms with van der Waals surface area (Å²) < 4.78 is 0. The molecule has 1 unspecified atom stereocenters. The van der Waals surface area contributed by atoms with Gasteiger partial charge in [0.15, 0.2) is 0 Å². The van der Waals surface area contributed by atoms with Crippen LogP contribution in [0.3, 0.4) is 0 Å². The van der Waals surface area contributed by atoms with Crippen molar-refractivity contribution in [2.45, 2.75) is 26.3 Å². The van der Waals surface area contributed by atoms with Gasteiger partial charge in [-0.15, -0.1) is 0 Å². The van der Waals surface area contributed by atoms with E-state index in [0.717, 1.165) is 19.5 Å². The predicted molar refractivity (Wildman–Crippen MR) is 57.0 cm³/mol. The first-order valence-corrected chi connectivity index (χ1v) is 5.05. The highest BCUT2D eigenvalue weighted by Gasteiger charge is 2.38. The van der Waals surface area contributed by atoms with Crippen LogP contribution < -0.4 is 5.73 Å². The van der Waals surface area contributed by atoms with Gasteiger partial charge in [-0.2, -0.15) is 0 Å². The van der Waals surface area contributed by atoms with E-state index in [1.54, 1.807) is 11.9 Å². The van der Waals surface area contributed by atoms with Gasteiger partial charge in [-0.3, -0.25) is 0 Å². The highest BCUT2D eigenvalue weighted by Crippen LogP contribution is 2.31. The number of carbonyl (C=O) groups is 1. The summed E-state index contributed by atoms with van der Waals surface area (Å²) in [4.78, 5) is 15.1. The predicted octanol–water partition coefficient (Wildman–Crippen LogP) is 0.727. The Morgan fingerprint density at radius 1 is 1.57 bits per heavy atom. The lowest BCUT2D eigenvalue weighted by atomic mass is 9.78. The zero-order chi connectivity index (χ0) is 10.9. The minimum Gasteiger partial charge on any atom is -0.351 e. The Kier molecular flexibility index (Phi) is 3.04. The minimum absolute atomic E-state index is 0.122. The van der Waals surface area contributed by atoms with Gasteiger partial charge in [-0.05, 0) is 25.4 Å². The summed E-state index contributed by atoms with van der Waals surface area (Å²) in [6, 6.07) is -0.0659. The van der Waals surface area contributed by atoms with Gasteiger partial charge in [-0.1, -0.05) is 13.8 Å². The van der Waals surface area contributed by atoms with E-state index in [1.807, 2.05) is 0 Å². The van der Waals surface area contributed by atoms with Crippen LogP contribution in [0.15, 0.2) is 0 Å². The molecule has 4 heteroatoms. The van der Waals surface area contributed by atoms with Gasteiger partial charge in [0.1, 0.15) is 0 Å². The molecule has 1 aliphatic rings. The molecule has 0 saturated carbocycles. The zero-order valence-corrected chi connectivity index (χ0v) is 9.58. The molecular weight excluding hydrogens is 178 g/mol. The zero-order valence-electron chi connectivity index (χ0n) is 9.58. The second-order valence-corrected chi connectivity index (χ2v) is 4.98. The molecule has 82 valence electrons. The van der Waals surface area contributed by atoms with Crippen LogP contribution in [-0.4, -0.2) is 49.1 Å². The SMILES string of the molecule is CN1CCC(N(C)C(N)=O)C(C)(C)C1. The molecule has 4 nitrogen and oxygen atoms in total. The lowest BCUT2D eigenvalue weighted by molar-refractivity contribution is 0.0473. The first-order valence-electron chi connectivity index (χ1n) is 5.05. The lowest BCUT2D eigenvalue weighted by Crippen LogP contribution is -2.56. The van der Waals surface area contributed by atoms with Gasteiger partial charge in [0.25, 0.3) is 0 Å². The summed E-state index contributed by atoms with van der Waals surface area (Å²) in [5.74, 6) is 0. The van der Waals surface area contributed by atoms with Gasteiger partial charge in [0.05, 0.1) is 0 Å². The Hall–Kier alpha value is -0.770. The first-order chi connectivity index (χ1) is 6.34. The largest absolute Gasteiger partial charge is 0.351 e. The molecule has 0 spiro atoms. The third kappa shape index (κ3) is 2.18. The number of urea groups is 1. The summed E-state index contributed by atoms with van der Waals surface area (Å²) in [7, 11) is 3.91. The molecule has 1 fully saturated rings. The molecule has 0 aromatic heterocycles. The van der Waals surface area contributed by atoms with Gasteiger partial charge in [-0.25, -0.2) is 4.79 Å². The number of likely N-dealkylation sites (tertiary alicyclic amines) is 1. The van der Waals surface area contributed by atoms with Crippen molar-refractivity contribution in [3.63, 3.8) is 0 Å². The van der Waals surface area contributed by atoms with E-state index < -0.39 is 0 Å². The summed E-state index contributed by atoms with van der Waals surface area (Å²) in [6.45, 7) is 6.42. The number of rotatable bonds is 1. The highest BCUT2D eigenvalue weighted by atomic mass is 16.2. The maximum atomic E-state index is 11.1. The number of carbonyl (C=O) groups excluding carboxylic acids is 1. The highest BCUT2D eigenvalue weighted by molar-refractivity contribution is 5.72. The molecule has 1 saturated heterocycles. The number of piperidine rings is 1. The molecule has 1 aliphatic heterocycles. The fourth-order valence-corrected chi connectivity index (χ4v) is 2.48. The van der Waals surface area contributed by atoms with E-state index in [1.165, 1.54) is 0 Å². The maximum absolute atomic E-state index is 11.1. The smallest absolute Gasteiger partial charge is 0.314 e. The summed E-state index contributed by atoms with van der Waals surface area (Å²) in [6.07, 6.45) is 1.00. The fourth-order valence-electron chi connectivity index (χ4n) is 2.48. The van der Waals surface area contributed by atoms with E-state index in [4.69, 9.17) is 5.73 Å². The summed E-state index contributed by atoms with van der Waals surface area (Å²) in [5.41, 5.74) is 5.42. The number of amides is 2. The van der Waals surface area contributed by atoms with Crippen molar-refractivity contribution in [2.24, 2.45) is 11.1 Å². The molecule has 0 aromatic carbocycles. The topological polar surface area (TPSA) is 49.6 Å². The van der Waals surface area contributed by atoms with Gasteiger partial charge < -0.3 is 15.5 Å². The monoisotopic (exact) mass is 199 g/mol. The first kappa shape index (κ1) is 11.3. The number of nitrogens with zero attached hydrogens (tertiary/aromatic N) is 2. The normalized spacial score (nSPS) is 27.3. The molecule has 0 aromatic rings. The quantitative estimate of drug-likeness (QED) is 0.676. The van der Waals surface area contributed by atoms with Gasteiger partial charge in [0.2, 0.25) is 0 Å². The van der Waals surface area contributed by atoms with Crippen LogP contribution in [0, 0.1) is 5.41 Å². The molecule has 1 rings (SSSR count). The van der Waals surface area contributed by atoms with Crippen molar-refractivity contribution >= 4 is 6.03 Å². The van der Waals surface area contributed by atoms with E-state index in [9.17, 15) is 4.79 Å². The van der Waals surface area contributed by atoms with E-state index in [2.05, 4.69) is 25.8 Å². The standard InChI is InChI=1S/C10H21N3O/c1-10(2)7-12(3)6-5-8(10)13(4)9(11)14/h8H,5-7H2,1-4H3,(H2,11,14). The summed E-state index contributed by atoms with van der Waals surface area (Å²) in [5, 5.41) is 0. The third-order valence-electron chi connectivity index (χ3n) is 3.18. The molecule has 2 N–H and O–H groups in total. The van der Waals surface area contributed by atoms with Crippen LogP contribution in [0.25, 0.3) is 0 Å². The number of hydrogen-bond donors (Lipinski definition) is 1. The van der Waals surface area contributed by atoms with Crippen LogP contribution >= 0.6 is 0 Å². The van der Waals surface area contributed by atoms with Crippen LogP contribution in [-0.2, 0) is 0 Å². The second kappa shape index (κ2) is 3.77. The Morgan fingerprint density at radius 2 is 2.14 bits per heavy atom. The molecule has 1 atom stereocenters. The van der Waals surface area contributed by atoms with E-state index in [0.29, 0.717) is 0 Å². The Balaban J connectivity index is 2.73. The van der Waals surface area contributed by atoms with Crippen molar-refractivity contribution in [3.8, 4) is 0 Å². The van der Waals surface area contributed by atoms with Crippen molar-refractivity contribution in [1.29, 1.82) is 0 Å². The molecule has 2 amide bonds. The third-order valence-corrected chi connectivity index (χ3v) is 3.18. The maximum Gasteiger partial charge on any atom is 0.314 e. The molecular formula is C10H21N3O. The number of hydrogen-bond acceptors (Lipinski definition) is 2. The average molecular weight is 199 g/mol. The second-order valence-electron chi connectivity index (χ2n) is 4.98. The van der Waals surface area contributed by atoms with E-state index in [-0.39, 0.29) is 17.5 Å².